The SMILES string of the molecule is CCCCOc1ccc(C(=O)N[C@H](CC)c2ccc(C(C)C)cc2)cc1. The predicted molar refractivity (Wildman–Crippen MR) is 108 cm³/mol. The number of carbonyl (C=O) groups is 1. The molecule has 0 heterocycles. The van der Waals surface area contributed by atoms with E-state index in [0.29, 0.717) is 18.1 Å². The summed E-state index contributed by atoms with van der Waals surface area (Å²) in [6, 6.07) is 15.9. The summed E-state index contributed by atoms with van der Waals surface area (Å²) in [5, 5.41) is 3.14. The van der Waals surface area contributed by atoms with Crippen molar-refractivity contribution in [3.05, 3.63) is 65.2 Å². The maximum Gasteiger partial charge on any atom is 0.251 e. The Morgan fingerprint density at radius 1 is 0.962 bits per heavy atom. The van der Waals surface area contributed by atoms with Gasteiger partial charge >= 0.3 is 0 Å². The topological polar surface area (TPSA) is 38.3 Å². The number of hydrogen-bond donors (Lipinski definition) is 1. The zero-order valence-corrected chi connectivity index (χ0v) is 16.4. The van der Waals surface area contributed by atoms with Crippen molar-refractivity contribution in [2.24, 2.45) is 0 Å². The molecule has 2 aromatic carbocycles. The highest BCUT2D eigenvalue weighted by Gasteiger charge is 2.14. The molecule has 0 aliphatic heterocycles. The molecule has 0 aliphatic carbocycles. The second-order valence-corrected chi connectivity index (χ2v) is 6.98. The fourth-order valence-electron chi connectivity index (χ4n) is 2.81. The number of amides is 1. The molecule has 140 valence electrons. The Labute approximate surface area is 157 Å². The lowest BCUT2D eigenvalue weighted by molar-refractivity contribution is 0.0935. The number of hydrogen-bond acceptors (Lipinski definition) is 2. The Morgan fingerprint density at radius 3 is 2.12 bits per heavy atom. The Kier molecular flexibility index (Phi) is 7.71. The lowest BCUT2D eigenvalue weighted by Crippen LogP contribution is -2.28. The second-order valence-electron chi connectivity index (χ2n) is 6.98. The van der Waals surface area contributed by atoms with E-state index in [0.717, 1.165) is 30.6 Å². The third-order valence-electron chi connectivity index (χ3n) is 4.60. The lowest BCUT2D eigenvalue weighted by Gasteiger charge is -2.18. The standard InChI is InChI=1S/C23H31NO2/c1-5-7-16-26-21-14-12-20(13-15-21)23(25)24-22(6-2)19-10-8-18(9-11-19)17(3)4/h8-15,17,22H,5-7,16H2,1-4H3,(H,24,25)/t22-/m1/s1. The molecule has 1 N–H and O–H groups in total. The van der Waals surface area contributed by atoms with Gasteiger partial charge in [-0.2, -0.15) is 0 Å². The van der Waals surface area contributed by atoms with E-state index in [1.807, 2.05) is 24.3 Å². The van der Waals surface area contributed by atoms with Crippen molar-refractivity contribution in [2.75, 3.05) is 6.61 Å². The zero-order valence-electron chi connectivity index (χ0n) is 16.4. The van der Waals surface area contributed by atoms with E-state index in [1.165, 1.54) is 5.56 Å². The van der Waals surface area contributed by atoms with Crippen LogP contribution >= 0.6 is 0 Å². The molecule has 0 saturated heterocycles. The van der Waals surface area contributed by atoms with Crippen LogP contribution in [-0.2, 0) is 0 Å². The molecule has 0 saturated carbocycles. The van der Waals surface area contributed by atoms with Gasteiger partial charge in [0.05, 0.1) is 12.6 Å². The molecule has 3 nitrogen and oxygen atoms in total. The van der Waals surface area contributed by atoms with Crippen LogP contribution in [0.1, 0.15) is 80.4 Å². The first kappa shape index (κ1) is 20.0. The van der Waals surface area contributed by atoms with Crippen LogP contribution in [0.25, 0.3) is 0 Å². The van der Waals surface area contributed by atoms with Crippen molar-refractivity contribution in [3.8, 4) is 5.75 Å². The normalized spacial score (nSPS) is 12.0. The maximum absolute atomic E-state index is 12.6. The van der Waals surface area contributed by atoms with Gasteiger partial charge in [0, 0.05) is 5.56 Å². The van der Waals surface area contributed by atoms with Gasteiger partial charge in [0.1, 0.15) is 5.75 Å². The van der Waals surface area contributed by atoms with Crippen LogP contribution in [0.3, 0.4) is 0 Å². The van der Waals surface area contributed by atoms with Gasteiger partial charge in [-0.05, 0) is 54.2 Å². The third-order valence-corrected chi connectivity index (χ3v) is 4.60. The van der Waals surface area contributed by atoms with E-state index in [4.69, 9.17) is 4.74 Å². The minimum atomic E-state index is -0.0510. The molecule has 0 aromatic heterocycles. The van der Waals surface area contributed by atoms with Gasteiger partial charge in [0.25, 0.3) is 5.91 Å². The molecule has 3 heteroatoms. The highest BCUT2D eigenvalue weighted by molar-refractivity contribution is 5.94. The van der Waals surface area contributed by atoms with Gasteiger partial charge in [-0.15, -0.1) is 0 Å². The van der Waals surface area contributed by atoms with Gasteiger partial charge in [-0.25, -0.2) is 0 Å². The quantitative estimate of drug-likeness (QED) is 0.573. The summed E-state index contributed by atoms with van der Waals surface area (Å²) in [7, 11) is 0. The van der Waals surface area contributed by atoms with E-state index >= 15 is 0 Å². The molecule has 0 bridgehead atoms. The molecule has 1 atom stereocenters. The van der Waals surface area contributed by atoms with E-state index < -0.39 is 0 Å². The molecular formula is C23H31NO2. The molecule has 0 radical (unpaired) electrons. The van der Waals surface area contributed by atoms with Crippen molar-refractivity contribution in [1.82, 2.24) is 5.32 Å². The minimum absolute atomic E-state index is 0.0178. The molecule has 0 unspecified atom stereocenters. The van der Waals surface area contributed by atoms with E-state index in [2.05, 4.69) is 57.3 Å². The fraction of sp³-hybridized carbons (Fsp3) is 0.435. The predicted octanol–water partition coefficient (Wildman–Crippen LogP) is 5.87. The van der Waals surface area contributed by atoms with E-state index in [1.54, 1.807) is 0 Å². The largest absolute Gasteiger partial charge is 0.494 e. The van der Waals surface area contributed by atoms with E-state index in [-0.39, 0.29) is 11.9 Å². The molecular weight excluding hydrogens is 322 g/mol. The molecule has 0 fully saturated rings. The molecule has 2 rings (SSSR count). The van der Waals surface area contributed by atoms with Crippen molar-refractivity contribution in [2.45, 2.75) is 58.9 Å². The third kappa shape index (κ3) is 5.62. The number of unbranched alkanes of at least 4 members (excludes halogenated alkanes) is 1. The highest BCUT2D eigenvalue weighted by Crippen LogP contribution is 2.21. The maximum atomic E-state index is 12.6. The first-order valence-corrected chi connectivity index (χ1v) is 9.68. The van der Waals surface area contributed by atoms with Crippen molar-refractivity contribution < 1.29 is 9.53 Å². The van der Waals surface area contributed by atoms with Crippen LogP contribution in [0.15, 0.2) is 48.5 Å². The summed E-state index contributed by atoms with van der Waals surface area (Å²) in [6.07, 6.45) is 3.00. The van der Waals surface area contributed by atoms with Crippen LogP contribution < -0.4 is 10.1 Å². The smallest absolute Gasteiger partial charge is 0.251 e. The van der Waals surface area contributed by atoms with E-state index in [9.17, 15) is 4.79 Å². The molecule has 2 aromatic rings. The monoisotopic (exact) mass is 353 g/mol. The first-order valence-electron chi connectivity index (χ1n) is 9.68. The molecule has 0 spiro atoms. The summed E-state index contributed by atoms with van der Waals surface area (Å²) in [4.78, 5) is 12.6. The van der Waals surface area contributed by atoms with Crippen molar-refractivity contribution in [1.29, 1.82) is 0 Å². The Hall–Kier alpha value is -2.29. The van der Waals surface area contributed by atoms with Crippen molar-refractivity contribution in [3.63, 3.8) is 0 Å². The molecule has 0 aliphatic rings. The second kappa shape index (κ2) is 10.0. The minimum Gasteiger partial charge on any atom is -0.494 e. The molecule has 1 amide bonds. The Bertz CT molecular complexity index is 674. The van der Waals surface area contributed by atoms with Crippen LogP contribution in [-0.4, -0.2) is 12.5 Å². The van der Waals surface area contributed by atoms with Gasteiger partial charge in [-0.3, -0.25) is 4.79 Å². The van der Waals surface area contributed by atoms with Crippen LogP contribution in [0, 0.1) is 0 Å². The van der Waals surface area contributed by atoms with Gasteiger partial charge < -0.3 is 10.1 Å². The average Bonchev–Trinajstić information content (AvgIpc) is 2.66. The van der Waals surface area contributed by atoms with Gasteiger partial charge in [-0.1, -0.05) is 58.4 Å². The number of rotatable bonds is 9. The highest BCUT2D eigenvalue weighted by atomic mass is 16.5. The van der Waals surface area contributed by atoms with Gasteiger partial charge in [0.15, 0.2) is 0 Å². The lowest BCUT2D eigenvalue weighted by atomic mass is 9.98. The summed E-state index contributed by atoms with van der Waals surface area (Å²) in [5.74, 6) is 1.27. The zero-order chi connectivity index (χ0) is 18.9. The summed E-state index contributed by atoms with van der Waals surface area (Å²) in [5.41, 5.74) is 3.11. The fourth-order valence-corrected chi connectivity index (χ4v) is 2.81. The number of nitrogens with one attached hydrogen (secondary N) is 1. The van der Waals surface area contributed by atoms with Crippen LogP contribution in [0.2, 0.25) is 0 Å². The Balaban J connectivity index is 1.99. The van der Waals surface area contributed by atoms with Crippen LogP contribution in [0.4, 0.5) is 0 Å². The summed E-state index contributed by atoms with van der Waals surface area (Å²) >= 11 is 0. The number of ether oxygens (including phenoxy) is 1. The average molecular weight is 354 g/mol. The van der Waals surface area contributed by atoms with Gasteiger partial charge in [0.2, 0.25) is 0 Å². The summed E-state index contributed by atoms with van der Waals surface area (Å²) < 4.78 is 5.65. The van der Waals surface area contributed by atoms with Crippen LogP contribution in [0.5, 0.6) is 5.75 Å². The number of benzene rings is 2. The number of carbonyl (C=O) groups excluding carboxylic acids is 1. The first-order chi connectivity index (χ1) is 12.5. The summed E-state index contributed by atoms with van der Waals surface area (Å²) in [6.45, 7) is 9.31. The van der Waals surface area contributed by atoms with Crippen molar-refractivity contribution >= 4 is 5.91 Å². The molecule has 26 heavy (non-hydrogen) atoms. The Morgan fingerprint density at radius 2 is 1.58 bits per heavy atom.